The lowest BCUT2D eigenvalue weighted by Crippen LogP contribution is -2.25. The minimum atomic E-state index is -0.252. The van der Waals surface area contributed by atoms with E-state index in [0.29, 0.717) is 11.3 Å². The Hall–Kier alpha value is -2.88. The molecule has 0 fully saturated rings. The molecule has 1 aliphatic heterocycles. The number of para-hydroxylation sites is 2. The van der Waals surface area contributed by atoms with Crippen LogP contribution in [-0.2, 0) is 10.2 Å². The number of rotatable bonds is 5. The molecule has 2 aromatic rings. The number of Topliss-reactive ketones (excluding diaryl/α,β-unsaturated/α-hetero) is 1. The molecule has 134 valence electrons. The minimum Gasteiger partial charge on any atom is -0.485 e. The molecular formula is C22H23NO3. The first-order valence-corrected chi connectivity index (χ1v) is 8.63. The summed E-state index contributed by atoms with van der Waals surface area (Å²) in [5.41, 5.74) is 3.48. The Bertz CT molecular complexity index is 896. The van der Waals surface area contributed by atoms with Crippen LogP contribution in [0.5, 0.6) is 5.75 Å². The van der Waals surface area contributed by atoms with Gasteiger partial charge in [0, 0.05) is 29.9 Å². The highest BCUT2D eigenvalue weighted by molar-refractivity contribution is 5.97. The molecule has 2 aromatic carbocycles. The van der Waals surface area contributed by atoms with Crippen LogP contribution in [-0.4, -0.2) is 25.2 Å². The molecule has 0 spiro atoms. The molecule has 3 rings (SSSR count). The fourth-order valence-corrected chi connectivity index (χ4v) is 3.49. The molecular weight excluding hydrogens is 326 g/mol. The van der Waals surface area contributed by atoms with E-state index in [2.05, 4.69) is 30.9 Å². The van der Waals surface area contributed by atoms with Gasteiger partial charge in [-0.3, -0.25) is 9.59 Å². The standard InChI is InChI=1S/C22H23NO3/c1-15(24)17-9-5-8-12-20(17)26-14-16(25)13-21-22(2,3)18-10-6-7-11-19(18)23(21)4/h5-13H,14H2,1-4H3/b21-13-. The highest BCUT2D eigenvalue weighted by atomic mass is 16.5. The summed E-state index contributed by atoms with van der Waals surface area (Å²) < 4.78 is 5.62. The van der Waals surface area contributed by atoms with Crippen LogP contribution >= 0.6 is 0 Å². The third-order valence-electron chi connectivity index (χ3n) is 4.87. The molecule has 0 aromatic heterocycles. The number of hydrogen-bond acceptors (Lipinski definition) is 4. The Morgan fingerprint density at radius 1 is 1.08 bits per heavy atom. The second-order valence-corrected chi connectivity index (χ2v) is 7.04. The van der Waals surface area contributed by atoms with Gasteiger partial charge in [-0.15, -0.1) is 0 Å². The van der Waals surface area contributed by atoms with Crippen LogP contribution < -0.4 is 9.64 Å². The van der Waals surface area contributed by atoms with Gasteiger partial charge < -0.3 is 9.64 Å². The van der Waals surface area contributed by atoms with Gasteiger partial charge in [0.2, 0.25) is 0 Å². The Kier molecular flexibility index (Phi) is 4.68. The predicted molar refractivity (Wildman–Crippen MR) is 103 cm³/mol. The number of anilines is 1. The van der Waals surface area contributed by atoms with Gasteiger partial charge >= 0.3 is 0 Å². The Labute approximate surface area is 154 Å². The van der Waals surface area contributed by atoms with E-state index in [1.54, 1.807) is 30.3 Å². The number of ether oxygens (including phenoxy) is 1. The molecule has 4 nitrogen and oxygen atoms in total. The first-order chi connectivity index (χ1) is 12.3. The van der Waals surface area contributed by atoms with Crippen molar-refractivity contribution in [1.82, 2.24) is 0 Å². The number of nitrogens with zero attached hydrogens (tertiary/aromatic N) is 1. The summed E-state index contributed by atoms with van der Waals surface area (Å²) in [5, 5.41) is 0. The number of ketones is 2. The quantitative estimate of drug-likeness (QED) is 0.601. The summed E-state index contributed by atoms with van der Waals surface area (Å²) in [6.07, 6.45) is 1.65. The molecule has 0 saturated carbocycles. The zero-order valence-electron chi connectivity index (χ0n) is 15.6. The molecule has 0 radical (unpaired) electrons. The fraction of sp³-hybridized carbons (Fsp3) is 0.273. The normalized spacial score (nSPS) is 16.5. The zero-order valence-corrected chi connectivity index (χ0v) is 15.6. The molecule has 0 unspecified atom stereocenters. The molecule has 1 heterocycles. The lowest BCUT2D eigenvalue weighted by molar-refractivity contribution is -0.116. The van der Waals surface area contributed by atoms with Crippen molar-refractivity contribution in [2.75, 3.05) is 18.6 Å². The summed E-state index contributed by atoms with van der Waals surface area (Å²) in [6.45, 7) is 5.61. The first kappa shape index (κ1) is 17.9. The maximum absolute atomic E-state index is 12.5. The molecule has 0 saturated heterocycles. The van der Waals surface area contributed by atoms with E-state index < -0.39 is 0 Å². The third kappa shape index (κ3) is 3.15. The molecule has 0 amide bonds. The van der Waals surface area contributed by atoms with E-state index in [9.17, 15) is 9.59 Å². The van der Waals surface area contributed by atoms with Gasteiger partial charge in [0.25, 0.3) is 0 Å². The lowest BCUT2D eigenvalue weighted by Gasteiger charge is -2.24. The maximum atomic E-state index is 12.5. The number of likely N-dealkylation sites (N-methyl/N-ethyl adjacent to an activating group) is 1. The van der Waals surface area contributed by atoms with Crippen molar-refractivity contribution in [1.29, 1.82) is 0 Å². The van der Waals surface area contributed by atoms with Gasteiger partial charge in [-0.05, 0) is 30.7 Å². The van der Waals surface area contributed by atoms with Gasteiger partial charge in [-0.2, -0.15) is 0 Å². The van der Waals surface area contributed by atoms with Crippen molar-refractivity contribution in [3.63, 3.8) is 0 Å². The van der Waals surface area contributed by atoms with Crippen LogP contribution in [0.2, 0.25) is 0 Å². The van der Waals surface area contributed by atoms with E-state index in [1.807, 2.05) is 19.2 Å². The second kappa shape index (κ2) is 6.79. The van der Waals surface area contributed by atoms with Crippen molar-refractivity contribution in [2.45, 2.75) is 26.2 Å². The number of carbonyl (C=O) groups is 2. The monoisotopic (exact) mass is 349 g/mol. The summed E-state index contributed by atoms with van der Waals surface area (Å²) >= 11 is 0. The minimum absolute atomic E-state index is 0.0847. The van der Waals surface area contributed by atoms with Gasteiger partial charge in [-0.25, -0.2) is 0 Å². The SMILES string of the molecule is CC(=O)c1ccccc1OCC(=O)/C=C1\N(C)c2ccccc2C1(C)C. The highest BCUT2D eigenvalue weighted by Crippen LogP contribution is 2.46. The van der Waals surface area contributed by atoms with E-state index in [-0.39, 0.29) is 23.6 Å². The molecule has 0 bridgehead atoms. The van der Waals surface area contributed by atoms with Gasteiger partial charge in [0.1, 0.15) is 5.75 Å². The number of hydrogen-bond donors (Lipinski definition) is 0. The van der Waals surface area contributed by atoms with Crippen molar-refractivity contribution >= 4 is 17.3 Å². The number of benzene rings is 2. The molecule has 1 aliphatic rings. The van der Waals surface area contributed by atoms with E-state index in [4.69, 9.17) is 4.74 Å². The Morgan fingerprint density at radius 3 is 2.42 bits per heavy atom. The number of allylic oxidation sites excluding steroid dienone is 1. The Morgan fingerprint density at radius 2 is 1.73 bits per heavy atom. The smallest absolute Gasteiger partial charge is 0.194 e. The van der Waals surface area contributed by atoms with Gasteiger partial charge in [0.15, 0.2) is 18.2 Å². The summed E-state index contributed by atoms with van der Waals surface area (Å²) in [6, 6.07) is 15.1. The zero-order chi connectivity index (χ0) is 18.9. The Balaban J connectivity index is 1.79. The third-order valence-corrected chi connectivity index (χ3v) is 4.87. The van der Waals surface area contributed by atoms with Crippen molar-refractivity contribution in [3.8, 4) is 5.75 Å². The first-order valence-electron chi connectivity index (χ1n) is 8.63. The average Bonchev–Trinajstić information content (AvgIpc) is 2.81. The van der Waals surface area contributed by atoms with Gasteiger partial charge in [0.05, 0.1) is 5.56 Å². The second-order valence-electron chi connectivity index (χ2n) is 7.04. The van der Waals surface area contributed by atoms with Gasteiger partial charge in [-0.1, -0.05) is 44.2 Å². The number of fused-ring (bicyclic) bond motifs is 1. The molecule has 0 atom stereocenters. The van der Waals surface area contributed by atoms with Crippen LogP contribution in [0.15, 0.2) is 60.3 Å². The molecule has 0 N–H and O–H groups in total. The summed E-state index contributed by atoms with van der Waals surface area (Å²) in [5.74, 6) is 0.221. The topological polar surface area (TPSA) is 46.6 Å². The van der Waals surface area contributed by atoms with E-state index in [0.717, 1.165) is 11.4 Å². The fourth-order valence-electron chi connectivity index (χ4n) is 3.49. The van der Waals surface area contributed by atoms with Crippen molar-refractivity contribution in [2.24, 2.45) is 0 Å². The highest BCUT2D eigenvalue weighted by Gasteiger charge is 2.38. The van der Waals surface area contributed by atoms with Crippen LogP contribution in [0.3, 0.4) is 0 Å². The van der Waals surface area contributed by atoms with Crippen LogP contribution in [0, 0.1) is 0 Å². The lowest BCUT2D eigenvalue weighted by atomic mass is 9.83. The van der Waals surface area contributed by atoms with Crippen LogP contribution in [0.4, 0.5) is 5.69 Å². The maximum Gasteiger partial charge on any atom is 0.194 e. The van der Waals surface area contributed by atoms with Crippen LogP contribution in [0.25, 0.3) is 0 Å². The average molecular weight is 349 g/mol. The van der Waals surface area contributed by atoms with E-state index in [1.165, 1.54) is 12.5 Å². The predicted octanol–water partition coefficient (Wildman–Crippen LogP) is 4.15. The molecule has 26 heavy (non-hydrogen) atoms. The van der Waals surface area contributed by atoms with Crippen molar-refractivity contribution < 1.29 is 14.3 Å². The summed E-state index contributed by atoms with van der Waals surface area (Å²) in [4.78, 5) is 26.2. The number of carbonyl (C=O) groups excluding carboxylic acids is 2. The molecule has 0 aliphatic carbocycles. The van der Waals surface area contributed by atoms with Crippen molar-refractivity contribution in [3.05, 3.63) is 71.4 Å². The largest absolute Gasteiger partial charge is 0.485 e. The molecule has 4 heteroatoms. The summed E-state index contributed by atoms with van der Waals surface area (Å²) in [7, 11) is 1.97. The van der Waals surface area contributed by atoms with E-state index >= 15 is 0 Å². The van der Waals surface area contributed by atoms with Crippen LogP contribution in [0.1, 0.15) is 36.7 Å².